The average Bonchev–Trinajstić information content (AvgIpc) is 3.09. The SMILES string of the molecule is CCCCCCCC(Sc1nnnn1-c1ccccc1)C(C(=O)O)C(=O)O. The molecule has 2 rings (SSSR count). The van der Waals surface area contributed by atoms with E-state index in [9.17, 15) is 19.8 Å². The van der Waals surface area contributed by atoms with Crippen LogP contribution in [0.5, 0.6) is 0 Å². The van der Waals surface area contributed by atoms with E-state index in [1.807, 2.05) is 30.3 Å². The van der Waals surface area contributed by atoms with Crippen LogP contribution in [0.4, 0.5) is 0 Å². The van der Waals surface area contributed by atoms with Gasteiger partial charge < -0.3 is 10.2 Å². The number of carboxylic acids is 2. The molecule has 0 spiro atoms. The fraction of sp³-hybridized carbons (Fsp3) is 0.500. The van der Waals surface area contributed by atoms with Crippen molar-refractivity contribution in [3.8, 4) is 5.69 Å². The predicted molar refractivity (Wildman–Crippen MR) is 101 cm³/mol. The zero-order valence-corrected chi connectivity index (χ0v) is 16.0. The van der Waals surface area contributed by atoms with Gasteiger partial charge in [0.25, 0.3) is 0 Å². The minimum absolute atomic E-state index is 0.382. The van der Waals surface area contributed by atoms with Crippen LogP contribution in [-0.2, 0) is 9.59 Å². The van der Waals surface area contributed by atoms with E-state index in [4.69, 9.17) is 0 Å². The number of hydrogen-bond acceptors (Lipinski definition) is 6. The van der Waals surface area contributed by atoms with Gasteiger partial charge in [0.05, 0.1) is 5.69 Å². The topological polar surface area (TPSA) is 118 Å². The molecule has 8 nitrogen and oxygen atoms in total. The molecular weight excluding hydrogens is 368 g/mol. The van der Waals surface area contributed by atoms with Gasteiger partial charge in [0.1, 0.15) is 0 Å². The first kappa shape index (κ1) is 20.9. The molecule has 0 aliphatic rings. The summed E-state index contributed by atoms with van der Waals surface area (Å²) in [7, 11) is 0. The van der Waals surface area contributed by atoms with Gasteiger partial charge in [-0.1, -0.05) is 69.0 Å². The summed E-state index contributed by atoms with van der Waals surface area (Å²) >= 11 is 1.11. The zero-order chi connectivity index (χ0) is 19.6. The third-order valence-electron chi connectivity index (χ3n) is 4.19. The number of aromatic nitrogens is 4. The molecule has 0 fully saturated rings. The highest BCUT2D eigenvalue weighted by molar-refractivity contribution is 7.99. The molecule has 0 aliphatic carbocycles. The number of benzene rings is 1. The van der Waals surface area contributed by atoms with Gasteiger partial charge >= 0.3 is 11.9 Å². The molecule has 2 aromatic rings. The Morgan fingerprint density at radius 1 is 1.07 bits per heavy atom. The van der Waals surface area contributed by atoms with Crippen LogP contribution in [0.25, 0.3) is 5.69 Å². The Balaban J connectivity index is 2.17. The zero-order valence-electron chi connectivity index (χ0n) is 15.2. The first-order valence-electron chi connectivity index (χ1n) is 9.00. The fourth-order valence-electron chi connectivity index (χ4n) is 2.79. The van der Waals surface area contributed by atoms with E-state index in [0.717, 1.165) is 49.6 Å². The third-order valence-corrected chi connectivity index (χ3v) is 5.47. The Kier molecular flexibility index (Phi) is 8.25. The van der Waals surface area contributed by atoms with Crippen LogP contribution >= 0.6 is 11.8 Å². The quantitative estimate of drug-likeness (QED) is 0.321. The first-order valence-corrected chi connectivity index (χ1v) is 9.88. The number of thioether (sulfide) groups is 1. The second-order valence-electron chi connectivity index (χ2n) is 6.22. The lowest BCUT2D eigenvalue weighted by Crippen LogP contribution is -2.33. The Labute approximate surface area is 162 Å². The maximum absolute atomic E-state index is 11.5. The molecule has 1 aromatic heterocycles. The van der Waals surface area contributed by atoms with E-state index >= 15 is 0 Å². The number of para-hydroxylation sites is 1. The van der Waals surface area contributed by atoms with Crippen molar-refractivity contribution in [3.63, 3.8) is 0 Å². The molecule has 0 amide bonds. The van der Waals surface area contributed by atoms with Crippen LogP contribution in [-0.4, -0.2) is 47.6 Å². The van der Waals surface area contributed by atoms with Gasteiger partial charge in [-0.25, -0.2) is 0 Å². The van der Waals surface area contributed by atoms with Crippen LogP contribution < -0.4 is 0 Å². The van der Waals surface area contributed by atoms with Gasteiger partial charge in [0.2, 0.25) is 5.16 Å². The van der Waals surface area contributed by atoms with Crippen molar-refractivity contribution in [3.05, 3.63) is 30.3 Å². The summed E-state index contributed by atoms with van der Waals surface area (Å²) in [5.74, 6) is -4.19. The number of aliphatic carboxylic acids is 2. The normalized spacial score (nSPS) is 12.2. The lowest BCUT2D eigenvalue weighted by Gasteiger charge is -2.20. The lowest BCUT2D eigenvalue weighted by molar-refractivity contribution is -0.154. The van der Waals surface area contributed by atoms with Crippen LogP contribution in [0, 0.1) is 5.92 Å². The summed E-state index contributed by atoms with van der Waals surface area (Å²) < 4.78 is 1.50. The highest BCUT2D eigenvalue weighted by Crippen LogP contribution is 2.32. The minimum atomic E-state index is -1.51. The van der Waals surface area contributed by atoms with Crippen molar-refractivity contribution < 1.29 is 19.8 Å². The predicted octanol–water partition coefficient (Wildman–Crippen LogP) is 3.27. The average molecular weight is 392 g/mol. The van der Waals surface area contributed by atoms with Crippen molar-refractivity contribution in [1.29, 1.82) is 0 Å². The van der Waals surface area contributed by atoms with E-state index in [2.05, 4.69) is 22.4 Å². The van der Waals surface area contributed by atoms with Crippen LogP contribution in [0.3, 0.4) is 0 Å². The van der Waals surface area contributed by atoms with Crippen molar-refractivity contribution >= 4 is 23.7 Å². The van der Waals surface area contributed by atoms with E-state index < -0.39 is 23.1 Å². The van der Waals surface area contributed by atoms with Crippen LogP contribution in [0.1, 0.15) is 45.4 Å². The standard InChI is InChI=1S/C18H24N4O4S/c1-2-3-4-5-9-12-14(15(16(23)24)17(25)26)27-18-19-20-21-22(18)13-10-7-6-8-11-13/h6-8,10-11,14-15H,2-5,9,12H2,1H3,(H,23,24)(H,25,26). The molecule has 0 bridgehead atoms. The van der Waals surface area contributed by atoms with Crippen LogP contribution in [0.15, 0.2) is 35.5 Å². The fourth-order valence-corrected chi connectivity index (χ4v) is 4.04. The van der Waals surface area contributed by atoms with Crippen molar-refractivity contribution in [2.75, 3.05) is 0 Å². The van der Waals surface area contributed by atoms with E-state index in [-0.39, 0.29) is 0 Å². The van der Waals surface area contributed by atoms with Gasteiger partial charge in [0, 0.05) is 5.25 Å². The largest absolute Gasteiger partial charge is 0.481 e. The molecule has 1 heterocycles. The molecule has 9 heteroatoms. The van der Waals surface area contributed by atoms with Gasteiger partial charge in [-0.05, 0) is 29.0 Å². The molecule has 0 aliphatic heterocycles. The molecule has 1 atom stereocenters. The van der Waals surface area contributed by atoms with Crippen molar-refractivity contribution in [2.24, 2.45) is 5.92 Å². The van der Waals surface area contributed by atoms with Crippen molar-refractivity contribution in [1.82, 2.24) is 20.2 Å². The summed E-state index contributed by atoms with van der Waals surface area (Å²) in [6.45, 7) is 2.12. The highest BCUT2D eigenvalue weighted by Gasteiger charge is 2.36. The third kappa shape index (κ3) is 6.06. The summed E-state index contributed by atoms with van der Waals surface area (Å²) in [4.78, 5) is 23.1. The first-order chi connectivity index (χ1) is 13.0. The lowest BCUT2D eigenvalue weighted by atomic mass is 10.00. The maximum Gasteiger partial charge on any atom is 0.319 e. The van der Waals surface area contributed by atoms with Gasteiger partial charge in [-0.15, -0.1) is 5.10 Å². The Morgan fingerprint density at radius 2 is 1.74 bits per heavy atom. The molecule has 27 heavy (non-hydrogen) atoms. The molecule has 1 unspecified atom stereocenters. The number of rotatable bonds is 12. The van der Waals surface area contributed by atoms with Crippen LogP contribution in [0.2, 0.25) is 0 Å². The number of hydrogen-bond donors (Lipinski definition) is 2. The molecule has 0 saturated carbocycles. The number of carbonyl (C=O) groups is 2. The van der Waals surface area contributed by atoms with Gasteiger partial charge in [-0.2, -0.15) is 4.68 Å². The van der Waals surface area contributed by atoms with E-state index in [1.165, 1.54) is 4.68 Å². The monoisotopic (exact) mass is 392 g/mol. The Hall–Kier alpha value is -2.42. The molecule has 1 aromatic carbocycles. The molecule has 146 valence electrons. The van der Waals surface area contributed by atoms with Gasteiger partial charge in [0.15, 0.2) is 5.92 Å². The number of nitrogens with zero attached hydrogens (tertiary/aromatic N) is 4. The summed E-state index contributed by atoms with van der Waals surface area (Å²) in [5, 5.41) is 30.1. The molecule has 0 saturated heterocycles. The summed E-state index contributed by atoms with van der Waals surface area (Å²) in [6.07, 6.45) is 5.46. The number of unbranched alkanes of at least 4 members (excludes halogenated alkanes) is 4. The minimum Gasteiger partial charge on any atom is -0.481 e. The molecule has 2 N–H and O–H groups in total. The van der Waals surface area contributed by atoms with Crippen molar-refractivity contribution in [2.45, 2.75) is 55.9 Å². The number of carboxylic acid groups (broad SMARTS) is 2. The second-order valence-corrected chi connectivity index (χ2v) is 7.43. The second kappa shape index (κ2) is 10.7. The number of tetrazole rings is 1. The molecular formula is C18H24N4O4S. The molecule has 0 radical (unpaired) electrons. The van der Waals surface area contributed by atoms with Gasteiger partial charge in [-0.3, -0.25) is 9.59 Å². The van der Waals surface area contributed by atoms with E-state index in [1.54, 1.807) is 0 Å². The summed E-state index contributed by atoms with van der Waals surface area (Å²) in [6, 6.07) is 9.20. The Morgan fingerprint density at radius 3 is 2.37 bits per heavy atom. The Bertz CT molecular complexity index is 724. The summed E-state index contributed by atoms with van der Waals surface area (Å²) in [5.41, 5.74) is 0.730. The van der Waals surface area contributed by atoms with E-state index in [0.29, 0.717) is 11.6 Å². The highest BCUT2D eigenvalue weighted by atomic mass is 32.2. The smallest absolute Gasteiger partial charge is 0.319 e. The maximum atomic E-state index is 11.5.